The molecule has 0 aliphatic carbocycles. The zero-order chi connectivity index (χ0) is 12.4. The van der Waals surface area contributed by atoms with Crippen LogP contribution in [-0.2, 0) is 11.3 Å². The number of nitrogens with zero attached hydrogens (tertiary/aromatic N) is 2. The van der Waals surface area contributed by atoms with Crippen molar-refractivity contribution in [3.05, 3.63) is 36.3 Å². The minimum Gasteiger partial charge on any atom is -0.351 e. The first kappa shape index (κ1) is 16.8. The van der Waals surface area contributed by atoms with Crippen LogP contribution in [-0.4, -0.2) is 27.9 Å². The van der Waals surface area contributed by atoms with Crippen LogP contribution in [0.25, 0.3) is 5.65 Å². The number of hydrogen-bond donors (Lipinski definition) is 2. The maximum atomic E-state index is 11.8. The summed E-state index contributed by atoms with van der Waals surface area (Å²) >= 11 is 0. The second kappa shape index (κ2) is 7.47. The molecule has 3 rings (SSSR count). The van der Waals surface area contributed by atoms with Gasteiger partial charge in [0.25, 0.3) is 0 Å². The van der Waals surface area contributed by atoms with Crippen LogP contribution < -0.4 is 10.6 Å². The molecule has 1 unspecified atom stereocenters. The summed E-state index contributed by atoms with van der Waals surface area (Å²) in [5.74, 6) is 0.0933. The van der Waals surface area contributed by atoms with E-state index < -0.39 is 0 Å². The number of pyridine rings is 1. The molecule has 0 bridgehead atoms. The second-order valence-corrected chi connectivity index (χ2v) is 4.59. The second-order valence-electron chi connectivity index (χ2n) is 4.59. The first-order valence-electron chi connectivity index (χ1n) is 6.25. The first-order valence-corrected chi connectivity index (χ1v) is 6.25. The van der Waals surface area contributed by atoms with Crippen molar-refractivity contribution in [3.8, 4) is 0 Å². The largest absolute Gasteiger partial charge is 0.351 e. The highest BCUT2D eigenvalue weighted by molar-refractivity contribution is 5.85. The number of nitrogens with one attached hydrogen (secondary N) is 2. The number of carbonyl (C=O) groups excluding carboxylic acids is 1. The van der Waals surface area contributed by atoms with Gasteiger partial charge in [0.1, 0.15) is 5.65 Å². The van der Waals surface area contributed by atoms with Crippen molar-refractivity contribution in [3.63, 3.8) is 0 Å². The quantitative estimate of drug-likeness (QED) is 0.903. The fraction of sp³-hybridized carbons (Fsp3) is 0.385. The molecule has 5 nitrogen and oxygen atoms in total. The Bertz CT molecular complexity index is 566. The molecule has 2 N–H and O–H groups in total. The van der Waals surface area contributed by atoms with Gasteiger partial charge in [-0.3, -0.25) is 4.79 Å². The number of hydrogen-bond acceptors (Lipinski definition) is 3. The zero-order valence-electron chi connectivity index (χ0n) is 10.9. The maximum Gasteiger partial charge on any atom is 0.237 e. The van der Waals surface area contributed by atoms with E-state index in [0.717, 1.165) is 30.6 Å². The van der Waals surface area contributed by atoms with Crippen molar-refractivity contribution in [1.29, 1.82) is 0 Å². The lowest BCUT2D eigenvalue weighted by molar-refractivity contribution is -0.122. The topological polar surface area (TPSA) is 58.4 Å². The molecule has 3 heterocycles. The molecule has 1 aliphatic heterocycles. The monoisotopic (exact) mass is 316 g/mol. The molecule has 1 saturated heterocycles. The van der Waals surface area contributed by atoms with Crippen molar-refractivity contribution >= 4 is 36.4 Å². The van der Waals surface area contributed by atoms with Crippen LogP contribution >= 0.6 is 24.8 Å². The van der Waals surface area contributed by atoms with Gasteiger partial charge in [-0.1, -0.05) is 0 Å². The number of rotatable bonds is 3. The Morgan fingerprint density at radius 1 is 1.45 bits per heavy atom. The van der Waals surface area contributed by atoms with Gasteiger partial charge in [-0.05, 0) is 37.1 Å². The Balaban J connectivity index is 0.000001000. The third-order valence-electron chi connectivity index (χ3n) is 3.31. The molecule has 0 saturated carbocycles. The summed E-state index contributed by atoms with van der Waals surface area (Å²) in [6.45, 7) is 1.50. The molecular weight excluding hydrogens is 299 g/mol. The average Bonchev–Trinajstić information content (AvgIpc) is 3.05. The van der Waals surface area contributed by atoms with Crippen LogP contribution in [0.15, 0.2) is 30.7 Å². The van der Waals surface area contributed by atoms with Gasteiger partial charge in [0.15, 0.2) is 0 Å². The van der Waals surface area contributed by atoms with E-state index in [4.69, 9.17) is 0 Å². The van der Waals surface area contributed by atoms with Gasteiger partial charge in [0.05, 0.1) is 6.04 Å². The number of amides is 1. The van der Waals surface area contributed by atoms with Crippen LogP contribution in [0.2, 0.25) is 0 Å². The van der Waals surface area contributed by atoms with Crippen LogP contribution in [0.4, 0.5) is 0 Å². The molecule has 1 atom stereocenters. The molecule has 2 aromatic rings. The van der Waals surface area contributed by atoms with Crippen molar-refractivity contribution in [1.82, 2.24) is 20.0 Å². The lowest BCUT2D eigenvalue weighted by Crippen LogP contribution is -2.39. The van der Waals surface area contributed by atoms with Gasteiger partial charge >= 0.3 is 0 Å². The van der Waals surface area contributed by atoms with Crippen LogP contribution in [0.1, 0.15) is 18.4 Å². The predicted octanol–water partition coefficient (Wildman–Crippen LogP) is 1.55. The number of fused-ring (bicyclic) bond motifs is 1. The molecule has 110 valence electrons. The van der Waals surface area contributed by atoms with E-state index in [1.54, 1.807) is 6.20 Å². The predicted molar refractivity (Wildman–Crippen MR) is 82.6 cm³/mol. The third-order valence-corrected chi connectivity index (χ3v) is 3.31. The summed E-state index contributed by atoms with van der Waals surface area (Å²) in [7, 11) is 0. The van der Waals surface area contributed by atoms with Crippen molar-refractivity contribution in [2.75, 3.05) is 6.54 Å². The molecule has 2 aromatic heterocycles. The highest BCUT2D eigenvalue weighted by atomic mass is 35.5. The molecule has 0 radical (unpaired) electrons. The van der Waals surface area contributed by atoms with E-state index in [2.05, 4.69) is 15.6 Å². The fourth-order valence-corrected chi connectivity index (χ4v) is 2.28. The van der Waals surface area contributed by atoms with Crippen LogP contribution in [0, 0.1) is 0 Å². The average molecular weight is 317 g/mol. The van der Waals surface area contributed by atoms with Crippen molar-refractivity contribution < 1.29 is 4.79 Å². The molecule has 1 fully saturated rings. The summed E-state index contributed by atoms with van der Waals surface area (Å²) < 4.78 is 1.95. The molecule has 1 aliphatic rings. The number of imidazole rings is 1. The van der Waals surface area contributed by atoms with Gasteiger partial charge in [-0.25, -0.2) is 4.98 Å². The SMILES string of the molecule is Cl.Cl.O=C(NCc1ccn2ccnc2c1)C1CCCN1. The van der Waals surface area contributed by atoms with E-state index in [1.165, 1.54) is 0 Å². The summed E-state index contributed by atoms with van der Waals surface area (Å²) in [6, 6.07) is 3.97. The van der Waals surface area contributed by atoms with Crippen molar-refractivity contribution in [2.24, 2.45) is 0 Å². The molecule has 0 aromatic carbocycles. The van der Waals surface area contributed by atoms with Gasteiger partial charge in [-0.2, -0.15) is 0 Å². The lowest BCUT2D eigenvalue weighted by atomic mass is 10.2. The van der Waals surface area contributed by atoms with Crippen LogP contribution in [0.3, 0.4) is 0 Å². The van der Waals surface area contributed by atoms with E-state index in [0.29, 0.717) is 6.54 Å². The summed E-state index contributed by atoms with van der Waals surface area (Å²) in [5.41, 5.74) is 1.97. The van der Waals surface area contributed by atoms with Crippen molar-refractivity contribution in [2.45, 2.75) is 25.4 Å². The Labute approximate surface area is 130 Å². The molecule has 0 spiro atoms. The standard InChI is InChI=1S/C13H16N4O.2ClH/c18-13(11-2-1-4-14-11)16-9-10-3-6-17-7-5-15-12(17)8-10;;/h3,5-8,11,14H,1-2,4,9H2,(H,16,18);2*1H. The highest BCUT2D eigenvalue weighted by Gasteiger charge is 2.21. The van der Waals surface area contributed by atoms with E-state index in [-0.39, 0.29) is 36.8 Å². The molecule has 20 heavy (non-hydrogen) atoms. The third kappa shape index (κ3) is 3.62. The Kier molecular flexibility index (Phi) is 6.26. The maximum absolute atomic E-state index is 11.8. The highest BCUT2D eigenvalue weighted by Crippen LogP contribution is 2.07. The summed E-state index contributed by atoms with van der Waals surface area (Å²) in [4.78, 5) is 16.1. The van der Waals surface area contributed by atoms with E-state index in [1.807, 2.05) is 28.9 Å². The van der Waals surface area contributed by atoms with Gasteiger partial charge in [0, 0.05) is 25.1 Å². The number of halogens is 2. The fourth-order valence-electron chi connectivity index (χ4n) is 2.28. The Morgan fingerprint density at radius 2 is 2.30 bits per heavy atom. The van der Waals surface area contributed by atoms with Gasteiger partial charge < -0.3 is 15.0 Å². The zero-order valence-corrected chi connectivity index (χ0v) is 12.5. The van der Waals surface area contributed by atoms with E-state index in [9.17, 15) is 4.79 Å². The van der Waals surface area contributed by atoms with Gasteiger partial charge in [0.2, 0.25) is 5.91 Å². The molecular formula is C13H18Cl2N4O. The smallest absolute Gasteiger partial charge is 0.237 e. The minimum atomic E-state index is -0.0137. The summed E-state index contributed by atoms with van der Waals surface area (Å²) in [6.07, 6.45) is 7.64. The van der Waals surface area contributed by atoms with Gasteiger partial charge in [-0.15, -0.1) is 24.8 Å². The minimum absolute atomic E-state index is 0. The molecule has 1 amide bonds. The Hall–Kier alpha value is -1.30. The van der Waals surface area contributed by atoms with E-state index >= 15 is 0 Å². The Morgan fingerprint density at radius 3 is 3.05 bits per heavy atom. The summed E-state index contributed by atoms with van der Waals surface area (Å²) in [5, 5.41) is 6.15. The number of carbonyl (C=O) groups is 1. The normalized spacial score (nSPS) is 17.3. The lowest BCUT2D eigenvalue weighted by Gasteiger charge is -2.11. The number of aromatic nitrogens is 2. The van der Waals surface area contributed by atoms with Crippen LogP contribution in [0.5, 0.6) is 0 Å². The molecule has 7 heteroatoms. The first-order chi connectivity index (χ1) is 8.83.